The highest BCUT2D eigenvalue weighted by Gasteiger charge is 2.19. The van der Waals surface area contributed by atoms with E-state index in [-0.39, 0.29) is 0 Å². The first kappa shape index (κ1) is 13.4. The molecule has 8 heteroatoms. The van der Waals surface area contributed by atoms with Gasteiger partial charge in [-0.15, -0.1) is 10.2 Å². The molecule has 3 rings (SSSR count). The van der Waals surface area contributed by atoms with E-state index >= 15 is 0 Å². The molecule has 2 heterocycles. The first-order valence-corrected chi connectivity index (χ1v) is 6.56. The highest BCUT2D eigenvalue weighted by Crippen LogP contribution is 2.13. The Bertz CT molecular complexity index is 722. The summed E-state index contributed by atoms with van der Waals surface area (Å²) in [7, 11) is 0. The van der Waals surface area contributed by atoms with Crippen molar-refractivity contribution in [3.05, 3.63) is 48.0 Å². The molecule has 8 nitrogen and oxygen atoms in total. The van der Waals surface area contributed by atoms with Gasteiger partial charge in [0.15, 0.2) is 5.82 Å². The fourth-order valence-corrected chi connectivity index (χ4v) is 1.89. The van der Waals surface area contributed by atoms with Gasteiger partial charge in [-0.1, -0.05) is 23.4 Å². The number of aromatic nitrogens is 7. The fraction of sp³-hybridized carbons (Fsp3) is 0.308. The van der Waals surface area contributed by atoms with E-state index in [1.807, 2.05) is 50.4 Å². The SMILES string of the molecule is CC(C)(N)c1cn(Cc2nnnn2-c2ccccc2)nn1. The summed E-state index contributed by atoms with van der Waals surface area (Å²) in [5.41, 5.74) is 7.10. The molecule has 0 aliphatic heterocycles. The number of hydrogen-bond donors (Lipinski definition) is 1. The average molecular weight is 284 g/mol. The van der Waals surface area contributed by atoms with Gasteiger partial charge in [0.25, 0.3) is 0 Å². The predicted octanol–water partition coefficient (Wildman–Crippen LogP) is 0.496. The third kappa shape index (κ3) is 2.79. The molecule has 3 aromatic rings. The maximum atomic E-state index is 6.00. The minimum absolute atomic E-state index is 0.422. The molecule has 21 heavy (non-hydrogen) atoms. The van der Waals surface area contributed by atoms with Crippen molar-refractivity contribution < 1.29 is 0 Å². The Balaban J connectivity index is 1.87. The van der Waals surface area contributed by atoms with E-state index in [2.05, 4.69) is 25.8 Å². The first-order chi connectivity index (χ1) is 10.0. The van der Waals surface area contributed by atoms with Crippen LogP contribution in [0.5, 0.6) is 0 Å². The molecule has 0 radical (unpaired) electrons. The van der Waals surface area contributed by atoms with Gasteiger partial charge in [0.1, 0.15) is 12.2 Å². The van der Waals surface area contributed by atoms with Gasteiger partial charge in [0, 0.05) is 0 Å². The van der Waals surface area contributed by atoms with E-state index in [4.69, 9.17) is 5.73 Å². The van der Waals surface area contributed by atoms with E-state index < -0.39 is 5.54 Å². The molecular weight excluding hydrogens is 268 g/mol. The largest absolute Gasteiger partial charge is 0.320 e. The Morgan fingerprint density at radius 1 is 1.10 bits per heavy atom. The molecule has 0 unspecified atom stereocenters. The molecule has 2 N–H and O–H groups in total. The third-order valence-electron chi connectivity index (χ3n) is 3.04. The van der Waals surface area contributed by atoms with Crippen LogP contribution in [0, 0.1) is 0 Å². The van der Waals surface area contributed by atoms with Crippen LogP contribution in [-0.4, -0.2) is 35.2 Å². The van der Waals surface area contributed by atoms with Crippen molar-refractivity contribution in [3.8, 4) is 5.69 Å². The van der Waals surface area contributed by atoms with Crippen molar-refractivity contribution >= 4 is 0 Å². The molecule has 0 fully saturated rings. The average Bonchev–Trinajstić information content (AvgIpc) is 3.09. The van der Waals surface area contributed by atoms with Crippen LogP contribution in [0.4, 0.5) is 0 Å². The monoisotopic (exact) mass is 284 g/mol. The predicted molar refractivity (Wildman–Crippen MR) is 75.5 cm³/mol. The Hall–Kier alpha value is -2.61. The number of benzene rings is 1. The Morgan fingerprint density at radius 2 is 1.86 bits per heavy atom. The summed E-state index contributed by atoms with van der Waals surface area (Å²) in [6, 6.07) is 9.70. The van der Waals surface area contributed by atoms with Crippen molar-refractivity contribution in [1.82, 2.24) is 35.2 Å². The molecule has 0 amide bonds. The summed E-state index contributed by atoms with van der Waals surface area (Å²) in [6.45, 7) is 4.19. The maximum absolute atomic E-state index is 6.00. The lowest BCUT2D eigenvalue weighted by atomic mass is 10.0. The van der Waals surface area contributed by atoms with Gasteiger partial charge in [-0.3, -0.25) is 0 Å². The van der Waals surface area contributed by atoms with E-state index in [1.165, 1.54) is 0 Å². The lowest BCUT2D eigenvalue weighted by Crippen LogP contribution is -2.29. The lowest BCUT2D eigenvalue weighted by molar-refractivity contribution is 0.533. The molecule has 108 valence electrons. The maximum Gasteiger partial charge on any atom is 0.178 e. The van der Waals surface area contributed by atoms with Gasteiger partial charge in [-0.05, 0) is 36.4 Å². The number of nitrogens with zero attached hydrogens (tertiary/aromatic N) is 7. The molecule has 0 aliphatic rings. The smallest absolute Gasteiger partial charge is 0.178 e. The van der Waals surface area contributed by atoms with Crippen LogP contribution in [-0.2, 0) is 12.1 Å². The zero-order chi connectivity index (χ0) is 14.9. The number of hydrogen-bond acceptors (Lipinski definition) is 6. The standard InChI is InChI=1S/C13H16N8/c1-13(2,14)11-8-20(18-15-11)9-12-16-17-19-21(12)10-6-4-3-5-7-10/h3-8H,9,14H2,1-2H3. The highest BCUT2D eigenvalue weighted by atomic mass is 15.6. The van der Waals surface area contributed by atoms with Gasteiger partial charge >= 0.3 is 0 Å². The summed E-state index contributed by atoms with van der Waals surface area (Å²) in [4.78, 5) is 0. The van der Waals surface area contributed by atoms with Crippen LogP contribution < -0.4 is 5.73 Å². The zero-order valence-electron chi connectivity index (χ0n) is 11.9. The summed E-state index contributed by atoms with van der Waals surface area (Å²) in [5.74, 6) is 0.674. The lowest BCUT2D eigenvalue weighted by Gasteiger charge is -2.13. The van der Waals surface area contributed by atoms with Gasteiger partial charge in [0.2, 0.25) is 0 Å². The molecule has 0 saturated heterocycles. The Morgan fingerprint density at radius 3 is 2.52 bits per heavy atom. The molecule has 0 saturated carbocycles. The quantitative estimate of drug-likeness (QED) is 0.748. The Kier molecular flexibility index (Phi) is 3.22. The second-order valence-corrected chi connectivity index (χ2v) is 5.37. The summed E-state index contributed by atoms with van der Waals surface area (Å²) >= 11 is 0. The van der Waals surface area contributed by atoms with Crippen LogP contribution in [0.1, 0.15) is 25.4 Å². The number of tetrazole rings is 1. The second-order valence-electron chi connectivity index (χ2n) is 5.37. The molecule has 0 aliphatic carbocycles. The van der Waals surface area contributed by atoms with Crippen molar-refractivity contribution in [1.29, 1.82) is 0 Å². The van der Waals surface area contributed by atoms with Gasteiger partial charge in [0.05, 0.1) is 17.4 Å². The van der Waals surface area contributed by atoms with Gasteiger partial charge in [-0.25, -0.2) is 4.68 Å². The second kappa shape index (κ2) is 5.06. The Labute approximate surface area is 121 Å². The van der Waals surface area contributed by atoms with E-state index in [0.29, 0.717) is 12.4 Å². The summed E-state index contributed by atoms with van der Waals surface area (Å²) in [6.07, 6.45) is 1.81. The topological polar surface area (TPSA) is 100 Å². The van der Waals surface area contributed by atoms with Crippen LogP contribution in [0.3, 0.4) is 0 Å². The van der Waals surface area contributed by atoms with Crippen LogP contribution in [0.2, 0.25) is 0 Å². The van der Waals surface area contributed by atoms with Crippen LogP contribution in [0.15, 0.2) is 36.5 Å². The molecule has 0 spiro atoms. The number of rotatable bonds is 4. The minimum atomic E-state index is -0.524. The fourth-order valence-electron chi connectivity index (χ4n) is 1.89. The van der Waals surface area contributed by atoms with Crippen molar-refractivity contribution in [2.45, 2.75) is 25.9 Å². The van der Waals surface area contributed by atoms with Crippen molar-refractivity contribution in [2.75, 3.05) is 0 Å². The van der Waals surface area contributed by atoms with Gasteiger partial charge < -0.3 is 5.73 Å². The summed E-state index contributed by atoms with van der Waals surface area (Å²) in [5, 5.41) is 19.9. The zero-order valence-corrected chi connectivity index (χ0v) is 11.9. The van der Waals surface area contributed by atoms with Gasteiger partial charge in [-0.2, -0.15) is 4.68 Å². The normalized spacial score (nSPS) is 11.8. The van der Waals surface area contributed by atoms with Crippen LogP contribution >= 0.6 is 0 Å². The van der Waals surface area contributed by atoms with Crippen molar-refractivity contribution in [3.63, 3.8) is 0 Å². The first-order valence-electron chi connectivity index (χ1n) is 6.56. The van der Waals surface area contributed by atoms with E-state index in [1.54, 1.807) is 9.36 Å². The van der Waals surface area contributed by atoms with E-state index in [9.17, 15) is 0 Å². The molecular formula is C13H16N8. The molecule has 1 aromatic carbocycles. The summed E-state index contributed by atoms with van der Waals surface area (Å²) < 4.78 is 3.35. The van der Waals surface area contributed by atoms with Crippen molar-refractivity contribution in [2.24, 2.45) is 5.73 Å². The number of nitrogens with two attached hydrogens (primary N) is 1. The molecule has 0 bridgehead atoms. The minimum Gasteiger partial charge on any atom is -0.320 e. The highest BCUT2D eigenvalue weighted by molar-refractivity contribution is 5.30. The third-order valence-corrected chi connectivity index (χ3v) is 3.04. The van der Waals surface area contributed by atoms with Crippen LogP contribution in [0.25, 0.3) is 5.69 Å². The molecule has 2 aromatic heterocycles. The van der Waals surface area contributed by atoms with E-state index in [0.717, 1.165) is 11.4 Å². The molecule has 0 atom stereocenters. The number of para-hydroxylation sites is 1.